The normalized spacial score (nSPS) is 21.7. The summed E-state index contributed by atoms with van der Waals surface area (Å²) in [6, 6.07) is 5.02. The molecule has 0 aromatic heterocycles. The molecule has 0 radical (unpaired) electrons. The van der Waals surface area contributed by atoms with Crippen LogP contribution in [-0.2, 0) is 25.4 Å². The zero-order valence-electron chi connectivity index (χ0n) is 37.7. The van der Waals surface area contributed by atoms with Crippen LogP contribution in [0.4, 0.5) is 0 Å². The number of carbonyl (C=O) groups excluding carboxylic acids is 4. The van der Waals surface area contributed by atoms with Crippen molar-refractivity contribution < 1.29 is 135 Å². The average Bonchev–Trinajstić information content (AvgIpc) is 3.46. The van der Waals surface area contributed by atoms with E-state index in [1.165, 1.54) is 6.07 Å². The van der Waals surface area contributed by atoms with Gasteiger partial charge in [0.15, 0.2) is 75.8 Å². The Bertz CT molecular complexity index is 3600. The lowest BCUT2D eigenvalue weighted by molar-refractivity contribution is -0.133. The molecule has 0 saturated heterocycles. The Labute approximate surface area is 420 Å². The van der Waals surface area contributed by atoms with Crippen molar-refractivity contribution in [2.24, 2.45) is 0 Å². The maximum absolute atomic E-state index is 14.8. The minimum atomic E-state index is -2.77. The van der Waals surface area contributed by atoms with Gasteiger partial charge in [0.25, 0.3) is 0 Å². The number of carbonyl (C=O) groups is 4. The summed E-state index contributed by atoms with van der Waals surface area (Å²) >= 11 is 0. The van der Waals surface area contributed by atoms with Crippen molar-refractivity contribution in [2.45, 2.75) is 49.0 Å². The predicted octanol–water partition coefficient (Wildman–Crippen LogP) is 2.31. The van der Waals surface area contributed by atoms with Gasteiger partial charge in [0, 0.05) is 51.4 Å². The van der Waals surface area contributed by atoms with Crippen LogP contribution in [0.3, 0.4) is 0 Å². The Morgan fingerprint density at radius 2 is 0.882 bits per heavy atom. The summed E-state index contributed by atoms with van der Waals surface area (Å²) in [6.07, 6.45) is -14.6. The van der Waals surface area contributed by atoms with Crippen LogP contribution < -0.4 is 4.74 Å². The summed E-state index contributed by atoms with van der Waals surface area (Å²) in [6.45, 7) is -1.44. The maximum atomic E-state index is 14.8. The lowest BCUT2D eigenvalue weighted by atomic mass is 9.73. The summed E-state index contributed by atoms with van der Waals surface area (Å²) < 4.78 is 29.1. The zero-order chi connectivity index (χ0) is 55.0. The van der Waals surface area contributed by atoms with Crippen LogP contribution in [0.5, 0.6) is 97.7 Å². The van der Waals surface area contributed by atoms with Gasteiger partial charge < -0.3 is 116 Å². The molecule has 394 valence electrons. The number of benzene rings is 6. The number of phenols is 16. The van der Waals surface area contributed by atoms with E-state index in [0.717, 1.165) is 12.1 Å². The van der Waals surface area contributed by atoms with Crippen molar-refractivity contribution in [3.05, 3.63) is 87.0 Å². The second kappa shape index (κ2) is 17.2. The monoisotopic (exact) mass is 1060 g/mol. The van der Waals surface area contributed by atoms with Gasteiger partial charge in [0.2, 0.25) is 23.0 Å². The van der Waals surface area contributed by atoms with E-state index in [4.69, 9.17) is 23.7 Å². The van der Waals surface area contributed by atoms with Crippen molar-refractivity contribution >= 4 is 23.9 Å². The van der Waals surface area contributed by atoms with Crippen LogP contribution in [-0.4, -0.2) is 153 Å². The lowest BCUT2D eigenvalue weighted by Gasteiger charge is -2.43. The second-order valence-corrected chi connectivity index (χ2v) is 17.7. The number of phenolic OH excluding ortho intramolecular Hbond substituents is 16. The van der Waals surface area contributed by atoms with E-state index in [1.807, 2.05) is 0 Å². The molecule has 6 aromatic carbocycles. The summed E-state index contributed by atoms with van der Waals surface area (Å²) in [4.78, 5) is 58.3. The molecule has 4 aliphatic heterocycles. The SMILES string of the molecule is O=C1OC[C@@H](O)[C@H](C2OC(=O)c3cc(O)c(O)c(O)c3-c3c(O)c(O)c(O)c4c3C(=O)O[C@H]2C4c2c(O)cc(O)c3c2O[C@H](c2ccc(O)c(O)c2)[C@@H](O)C3)OC(=O)c2cc(O)c(O)c(O)c2-c2c1cc(O)c(O)c2O. The standard InChI is InChI=1S/C49H36O27/c50-15-2-1-10(3-17(15)52)41-22(57)4-11-16(51)8-18(53)27(42(11)73-41)30-29-31-28(38(65)40(67)39(29)66)26-14(7-21(56)34(61)37(26)64)48(70)76-45(44(30)75-49(31)71)43-23(58)9-72-46(68)12-5-19(54)32(59)35(62)24(12)25-13(47(69)74-43)6-20(55)33(60)36(25)63/h1-3,5-8,22-23,30,41,43-45,50-67H,4,9H2/t22-,23+,30?,41+,43+,44-,45?/m0/s1. The van der Waals surface area contributed by atoms with Gasteiger partial charge in [-0.1, -0.05) is 6.07 Å². The maximum Gasteiger partial charge on any atom is 0.339 e. The molecule has 6 aromatic rings. The van der Waals surface area contributed by atoms with Crippen molar-refractivity contribution in [1.29, 1.82) is 0 Å². The molecule has 18 N–H and O–H groups in total. The van der Waals surface area contributed by atoms with Gasteiger partial charge >= 0.3 is 23.9 Å². The molecule has 4 aliphatic rings. The summed E-state index contributed by atoms with van der Waals surface area (Å²) in [7, 11) is 0. The van der Waals surface area contributed by atoms with Gasteiger partial charge in [-0.2, -0.15) is 0 Å². The summed E-state index contributed by atoms with van der Waals surface area (Å²) in [5, 5.41) is 200. The molecule has 0 saturated carbocycles. The highest BCUT2D eigenvalue weighted by Gasteiger charge is 2.56. The van der Waals surface area contributed by atoms with E-state index in [-0.39, 0.29) is 11.1 Å². The second-order valence-electron chi connectivity index (χ2n) is 17.7. The number of hydrogen-bond acceptors (Lipinski definition) is 27. The van der Waals surface area contributed by atoms with Gasteiger partial charge in [-0.05, 0) is 35.9 Å². The Hall–Kier alpha value is -10.3. The number of rotatable bonds is 3. The smallest absolute Gasteiger partial charge is 0.339 e. The highest BCUT2D eigenvalue weighted by atomic mass is 16.6. The molecule has 76 heavy (non-hydrogen) atoms. The minimum absolute atomic E-state index is 0.0770. The van der Waals surface area contributed by atoms with Crippen LogP contribution in [0.15, 0.2) is 42.5 Å². The zero-order valence-corrected chi connectivity index (χ0v) is 37.7. The summed E-state index contributed by atoms with van der Waals surface area (Å²) in [5.74, 6) is -30.6. The molecule has 27 heteroatoms. The highest BCUT2D eigenvalue weighted by molar-refractivity contribution is 6.11. The van der Waals surface area contributed by atoms with Crippen molar-refractivity contribution in [2.75, 3.05) is 6.61 Å². The molecule has 0 aliphatic carbocycles. The Morgan fingerprint density at radius 3 is 1.43 bits per heavy atom. The van der Waals surface area contributed by atoms with Crippen LogP contribution >= 0.6 is 0 Å². The van der Waals surface area contributed by atoms with Gasteiger partial charge in [0.05, 0.1) is 34.3 Å². The van der Waals surface area contributed by atoms with Crippen LogP contribution in [0.25, 0.3) is 22.3 Å². The number of aliphatic hydroxyl groups excluding tert-OH is 2. The molecular formula is C49H36O27. The van der Waals surface area contributed by atoms with Gasteiger partial charge in [-0.3, -0.25) is 0 Å². The third kappa shape index (κ3) is 7.11. The lowest BCUT2D eigenvalue weighted by Crippen LogP contribution is -2.55. The van der Waals surface area contributed by atoms with E-state index in [0.29, 0.717) is 24.3 Å². The first-order chi connectivity index (χ1) is 35.8. The van der Waals surface area contributed by atoms with Crippen molar-refractivity contribution in [1.82, 2.24) is 0 Å². The first kappa shape index (κ1) is 49.3. The van der Waals surface area contributed by atoms with E-state index < -0.39 is 233 Å². The fraction of sp³-hybridized carbons (Fsp3) is 0.184. The number of hydrogen-bond donors (Lipinski definition) is 18. The third-order valence-electron chi connectivity index (χ3n) is 13.4. The first-order valence-corrected chi connectivity index (χ1v) is 21.9. The number of cyclic esters (lactones) is 3. The highest BCUT2D eigenvalue weighted by Crippen LogP contribution is 2.62. The van der Waals surface area contributed by atoms with Crippen molar-refractivity contribution in [3.8, 4) is 120 Å². The Morgan fingerprint density at radius 1 is 0.382 bits per heavy atom. The topological polar surface area (TPSA) is 479 Å². The Kier molecular flexibility index (Phi) is 11.1. The third-order valence-corrected chi connectivity index (χ3v) is 13.4. The average molecular weight is 1060 g/mol. The fourth-order valence-corrected chi connectivity index (χ4v) is 9.89. The first-order valence-electron chi connectivity index (χ1n) is 21.9. The molecule has 4 heterocycles. The minimum Gasteiger partial charge on any atom is -0.507 e. The number of ether oxygens (including phenoxy) is 5. The Balaban J connectivity index is 1.28. The van der Waals surface area contributed by atoms with Crippen LogP contribution in [0, 0.1) is 0 Å². The molecule has 7 atom stereocenters. The number of aromatic hydroxyl groups is 16. The largest absolute Gasteiger partial charge is 0.507 e. The van der Waals surface area contributed by atoms with Gasteiger partial charge in [-0.15, -0.1) is 0 Å². The van der Waals surface area contributed by atoms with Crippen LogP contribution in [0.2, 0.25) is 0 Å². The molecule has 27 nitrogen and oxygen atoms in total. The fourth-order valence-electron chi connectivity index (χ4n) is 9.89. The number of aliphatic hydroxyl groups is 2. The van der Waals surface area contributed by atoms with Gasteiger partial charge in [0.1, 0.15) is 36.1 Å². The van der Waals surface area contributed by atoms with E-state index >= 15 is 0 Å². The van der Waals surface area contributed by atoms with E-state index in [9.17, 15) is 111 Å². The molecule has 0 spiro atoms. The molecule has 10 rings (SSSR count). The number of esters is 4. The molecular weight excluding hydrogens is 1020 g/mol. The van der Waals surface area contributed by atoms with Gasteiger partial charge in [-0.25, -0.2) is 19.2 Å². The molecule has 0 fully saturated rings. The van der Waals surface area contributed by atoms with E-state index in [1.54, 1.807) is 0 Å². The summed E-state index contributed by atoms with van der Waals surface area (Å²) in [5.41, 5.74) is -11.2. The predicted molar refractivity (Wildman–Crippen MR) is 242 cm³/mol. The van der Waals surface area contributed by atoms with Crippen molar-refractivity contribution in [3.63, 3.8) is 0 Å². The molecule has 2 bridgehead atoms. The quantitative estimate of drug-likeness (QED) is 0.0687. The van der Waals surface area contributed by atoms with E-state index in [2.05, 4.69) is 0 Å². The molecule has 0 amide bonds. The van der Waals surface area contributed by atoms with Crippen LogP contribution in [0.1, 0.15) is 75.7 Å². The number of fused-ring (bicyclic) bond motifs is 8. The molecule has 2 unspecified atom stereocenters.